The lowest BCUT2D eigenvalue weighted by Crippen LogP contribution is -2.41. The van der Waals surface area contributed by atoms with Crippen LogP contribution in [0.4, 0.5) is 0 Å². The van der Waals surface area contributed by atoms with Gasteiger partial charge in [0, 0.05) is 36.6 Å². The molecule has 4 rings (SSSR count). The van der Waals surface area contributed by atoms with Crippen LogP contribution in [0.15, 0.2) is 18.5 Å². The van der Waals surface area contributed by atoms with Crippen molar-refractivity contribution in [2.75, 3.05) is 19.6 Å². The number of pyridine rings is 1. The molecule has 25 heavy (non-hydrogen) atoms. The maximum absolute atomic E-state index is 12.9. The van der Waals surface area contributed by atoms with Crippen LogP contribution in [0.25, 0.3) is 11.3 Å². The molecule has 0 saturated heterocycles. The number of halogens is 2. The molecule has 6 nitrogen and oxygen atoms in total. The minimum absolute atomic E-state index is 0. The largest absolute Gasteiger partial charge is 0.335 e. The number of hydrogen-bond donors (Lipinski definition) is 1. The van der Waals surface area contributed by atoms with Crippen LogP contribution in [0.5, 0.6) is 0 Å². The minimum atomic E-state index is 0. The quantitative estimate of drug-likeness (QED) is 0.819. The van der Waals surface area contributed by atoms with Gasteiger partial charge in [-0.25, -0.2) is 0 Å². The van der Waals surface area contributed by atoms with Gasteiger partial charge in [-0.3, -0.25) is 14.5 Å². The fraction of sp³-hybridized carbons (Fsp3) is 0.471. The lowest BCUT2D eigenvalue weighted by molar-refractivity contribution is 0.0693. The Morgan fingerprint density at radius 2 is 2.00 bits per heavy atom. The van der Waals surface area contributed by atoms with E-state index in [-0.39, 0.29) is 30.7 Å². The highest BCUT2D eigenvalue weighted by molar-refractivity contribution is 5.97. The zero-order chi connectivity index (χ0) is 15.8. The first-order valence-corrected chi connectivity index (χ1v) is 8.32. The van der Waals surface area contributed by atoms with E-state index in [1.165, 1.54) is 5.56 Å². The van der Waals surface area contributed by atoms with Crippen LogP contribution >= 0.6 is 24.8 Å². The maximum atomic E-state index is 12.9. The number of hydrogen-bond acceptors (Lipinski definition) is 4. The predicted molar refractivity (Wildman–Crippen MR) is 102 cm³/mol. The zero-order valence-corrected chi connectivity index (χ0v) is 15.6. The Morgan fingerprint density at radius 3 is 2.80 bits per heavy atom. The number of aryl methyl sites for hydroxylation is 1. The van der Waals surface area contributed by atoms with Gasteiger partial charge in [-0.1, -0.05) is 0 Å². The molecule has 0 bridgehead atoms. The Morgan fingerprint density at radius 1 is 1.16 bits per heavy atom. The van der Waals surface area contributed by atoms with Gasteiger partial charge in [-0.15, -0.1) is 24.8 Å². The number of carbonyl (C=O) groups excluding carboxylic acids is 1. The Bertz CT molecular complexity index is 761. The lowest BCUT2D eigenvalue weighted by atomic mass is 9.90. The lowest BCUT2D eigenvalue weighted by Gasteiger charge is -2.28. The highest BCUT2D eigenvalue weighted by atomic mass is 35.5. The number of unbranched alkanes of at least 4 members (excludes halogenated alkanes) is 1. The monoisotopic (exact) mass is 383 g/mol. The molecule has 2 aromatic rings. The van der Waals surface area contributed by atoms with Crippen LogP contribution in [0, 0.1) is 0 Å². The molecule has 0 spiro atoms. The van der Waals surface area contributed by atoms with Gasteiger partial charge in [0.05, 0.1) is 12.2 Å². The topological polar surface area (TPSA) is 77.0 Å². The first-order chi connectivity index (χ1) is 11.3. The first kappa shape index (κ1) is 19.7. The zero-order valence-electron chi connectivity index (χ0n) is 14.0. The molecule has 136 valence electrons. The standard InChI is InChI=1S/C17H21N5O.2ClH/c18-6-1-2-8-21-9-10-22-16(17(21)23)14-4-3-12-11-19-7-5-13(12)15(14)20-22;;/h5,7,11H,1-4,6,8-10,18H2;2*1H. The average molecular weight is 384 g/mol. The van der Waals surface area contributed by atoms with Crippen molar-refractivity contribution in [2.24, 2.45) is 5.73 Å². The van der Waals surface area contributed by atoms with Gasteiger partial charge in [-0.2, -0.15) is 5.10 Å². The molecule has 0 fully saturated rings. The van der Waals surface area contributed by atoms with Gasteiger partial charge in [0.2, 0.25) is 0 Å². The normalized spacial score (nSPS) is 14.8. The molecule has 0 saturated carbocycles. The highest BCUT2D eigenvalue weighted by Crippen LogP contribution is 2.35. The predicted octanol–water partition coefficient (Wildman–Crippen LogP) is 2.08. The molecule has 3 heterocycles. The third-order valence-electron chi connectivity index (χ3n) is 4.81. The summed E-state index contributed by atoms with van der Waals surface area (Å²) in [4.78, 5) is 19.0. The second kappa shape index (κ2) is 8.17. The molecule has 0 unspecified atom stereocenters. The van der Waals surface area contributed by atoms with Gasteiger partial charge >= 0.3 is 0 Å². The third-order valence-corrected chi connectivity index (χ3v) is 4.81. The summed E-state index contributed by atoms with van der Waals surface area (Å²) in [6.45, 7) is 2.98. The fourth-order valence-electron chi connectivity index (χ4n) is 3.60. The summed E-state index contributed by atoms with van der Waals surface area (Å²) >= 11 is 0. The van der Waals surface area contributed by atoms with Crippen LogP contribution in [0.3, 0.4) is 0 Å². The summed E-state index contributed by atoms with van der Waals surface area (Å²) in [6, 6.07) is 2.01. The van der Waals surface area contributed by atoms with Crippen molar-refractivity contribution in [3.8, 4) is 11.3 Å². The molecular weight excluding hydrogens is 361 g/mol. The van der Waals surface area contributed by atoms with Crippen LogP contribution in [-0.4, -0.2) is 45.2 Å². The SMILES string of the molecule is Cl.Cl.NCCCCN1CCn2nc3c(c2C1=O)CCc1cnccc1-3. The van der Waals surface area contributed by atoms with Crippen molar-refractivity contribution in [2.45, 2.75) is 32.2 Å². The molecule has 1 amide bonds. The Hall–Kier alpha value is -1.63. The molecule has 1 aliphatic carbocycles. The summed E-state index contributed by atoms with van der Waals surface area (Å²) in [7, 11) is 0. The van der Waals surface area contributed by atoms with Crippen molar-refractivity contribution in [3.05, 3.63) is 35.3 Å². The second-order valence-electron chi connectivity index (χ2n) is 6.22. The Labute approximate surface area is 159 Å². The number of amides is 1. The van der Waals surface area contributed by atoms with E-state index in [4.69, 9.17) is 10.8 Å². The van der Waals surface area contributed by atoms with E-state index < -0.39 is 0 Å². The molecule has 1 aliphatic heterocycles. The van der Waals surface area contributed by atoms with Crippen molar-refractivity contribution in [1.82, 2.24) is 19.7 Å². The summed E-state index contributed by atoms with van der Waals surface area (Å²) in [5.41, 5.74) is 10.8. The molecule has 8 heteroatoms. The van der Waals surface area contributed by atoms with Gasteiger partial charge in [0.15, 0.2) is 0 Å². The second-order valence-corrected chi connectivity index (χ2v) is 6.22. The third kappa shape index (κ3) is 3.38. The molecule has 0 aromatic carbocycles. The number of nitrogens with two attached hydrogens (primary N) is 1. The van der Waals surface area contributed by atoms with Crippen LogP contribution in [0.1, 0.15) is 34.5 Å². The Kier molecular flexibility index (Phi) is 6.43. The first-order valence-electron chi connectivity index (χ1n) is 8.32. The van der Waals surface area contributed by atoms with Crippen molar-refractivity contribution < 1.29 is 4.79 Å². The molecule has 0 atom stereocenters. The molecule has 0 radical (unpaired) electrons. The van der Waals surface area contributed by atoms with E-state index in [1.54, 1.807) is 6.20 Å². The number of aromatic nitrogens is 3. The highest BCUT2D eigenvalue weighted by Gasteiger charge is 2.33. The Balaban J connectivity index is 0.00000113. The van der Waals surface area contributed by atoms with Crippen LogP contribution in [0.2, 0.25) is 0 Å². The number of fused-ring (bicyclic) bond motifs is 5. The van der Waals surface area contributed by atoms with E-state index in [0.29, 0.717) is 6.54 Å². The molecule has 2 aliphatic rings. The maximum Gasteiger partial charge on any atom is 0.272 e. The van der Waals surface area contributed by atoms with E-state index in [1.807, 2.05) is 21.8 Å². The molecule has 2 N–H and O–H groups in total. The number of nitrogens with zero attached hydrogens (tertiary/aromatic N) is 4. The number of rotatable bonds is 4. The minimum Gasteiger partial charge on any atom is -0.335 e. The van der Waals surface area contributed by atoms with E-state index in [0.717, 1.165) is 67.8 Å². The summed E-state index contributed by atoms with van der Waals surface area (Å²) in [5, 5.41) is 4.74. The smallest absolute Gasteiger partial charge is 0.272 e. The van der Waals surface area contributed by atoms with Gasteiger partial charge in [0.1, 0.15) is 5.69 Å². The van der Waals surface area contributed by atoms with E-state index in [9.17, 15) is 4.79 Å². The molecular formula is C17H23Cl2N5O. The van der Waals surface area contributed by atoms with Crippen molar-refractivity contribution >= 4 is 30.7 Å². The van der Waals surface area contributed by atoms with Crippen LogP contribution < -0.4 is 5.73 Å². The summed E-state index contributed by atoms with van der Waals surface area (Å²) < 4.78 is 1.90. The average Bonchev–Trinajstić information content (AvgIpc) is 2.97. The summed E-state index contributed by atoms with van der Waals surface area (Å²) in [5.74, 6) is 0.125. The summed E-state index contributed by atoms with van der Waals surface area (Å²) in [6.07, 6.45) is 7.43. The van der Waals surface area contributed by atoms with Gasteiger partial charge in [0.25, 0.3) is 5.91 Å². The van der Waals surface area contributed by atoms with Gasteiger partial charge < -0.3 is 10.6 Å². The van der Waals surface area contributed by atoms with E-state index in [2.05, 4.69) is 4.98 Å². The van der Waals surface area contributed by atoms with Crippen molar-refractivity contribution in [3.63, 3.8) is 0 Å². The molecule has 2 aromatic heterocycles. The van der Waals surface area contributed by atoms with E-state index >= 15 is 0 Å². The van der Waals surface area contributed by atoms with Crippen LogP contribution in [-0.2, 0) is 19.4 Å². The van der Waals surface area contributed by atoms with Gasteiger partial charge in [-0.05, 0) is 43.9 Å². The number of carbonyl (C=O) groups is 1. The fourth-order valence-corrected chi connectivity index (χ4v) is 3.60. The van der Waals surface area contributed by atoms with Crippen molar-refractivity contribution in [1.29, 1.82) is 0 Å².